The van der Waals surface area contributed by atoms with Crippen molar-refractivity contribution in [1.82, 2.24) is 9.97 Å². The number of anilines is 1. The quantitative estimate of drug-likeness (QED) is 0.876. The van der Waals surface area contributed by atoms with Gasteiger partial charge in [-0.2, -0.15) is 0 Å². The second-order valence-corrected chi connectivity index (χ2v) is 5.00. The Morgan fingerprint density at radius 1 is 1.15 bits per heavy atom. The number of aryl methyl sites for hydroxylation is 1. The van der Waals surface area contributed by atoms with Crippen LogP contribution >= 0.6 is 0 Å². The average Bonchev–Trinajstić information content (AvgIpc) is 2.48. The van der Waals surface area contributed by atoms with Crippen molar-refractivity contribution < 1.29 is 0 Å². The number of hydrogen-bond donors (Lipinski definition) is 1. The van der Waals surface area contributed by atoms with Gasteiger partial charge in [-0.05, 0) is 17.5 Å². The zero-order chi connectivity index (χ0) is 14.4. The summed E-state index contributed by atoms with van der Waals surface area (Å²) in [7, 11) is 2.05. The van der Waals surface area contributed by atoms with Gasteiger partial charge in [0.25, 0.3) is 0 Å². The van der Waals surface area contributed by atoms with Crippen LogP contribution in [0.3, 0.4) is 0 Å². The maximum Gasteiger partial charge on any atom is 0.132 e. The van der Waals surface area contributed by atoms with Crippen LogP contribution in [0.4, 0.5) is 5.82 Å². The van der Waals surface area contributed by atoms with Crippen molar-refractivity contribution in [2.45, 2.75) is 32.9 Å². The van der Waals surface area contributed by atoms with Crippen LogP contribution in [0.1, 0.15) is 30.2 Å². The van der Waals surface area contributed by atoms with Gasteiger partial charge in [0.1, 0.15) is 12.1 Å². The van der Waals surface area contributed by atoms with Crippen LogP contribution in [-0.2, 0) is 19.5 Å². The van der Waals surface area contributed by atoms with Crippen LogP contribution < -0.4 is 10.6 Å². The van der Waals surface area contributed by atoms with Gasteiger partial charge >= 0.3 is 0 Å². The van der Waals surface area contributed by atoms with E-state index in [0.29, 0.717) is 6.54 Å². The third kappa shape index (κ3) is 3.78. The Morgan fingerprint density at radius 2 is 1.95 bits per heavy atom. The molecule has 0 aliphatic heterocycles. The topological polar surface area (TPSA) is 55.0 Å². The van der Waals surface area contributed by atoms with Gasteiger partial charge in [0.15, 0.2) is 0 Å². The summed E-state index contributed by atoms with van der Waals surface area (Å²) in [6.07, 6.45) is 3.73. The number of nitrogens with two attached hydrogens (primary N) is 1. The monoisotopic (exact) mass is 270 g/mol. The Balaban J connectivity index is 2.10. The van der Waals surface area contributed by atoms with Gasteiger partial charge in [0.05, 0.1) is 0 Å². The molecule has 20 heavy (non-hydrogen) atoms. The molecule has 4 heteroatoms. The molecule has 0 amide bonds. The lowest BCUT2D eigenvalue weighted by Crippen LogP contribution is -2.18. The lowest BCUT2D eigenvalue weighted by molar-refractivity contribution is 0.846. The highest BCUT2D eigenvalue weighted by Crippen LogP contribution is 2.14. The van der Waals surface area contributed by atoms with Crippen LogP contribution in [0.25, 0.3) is 0 Å². The summed E-state index contributed by atoms with van der Waals surface area (Å²) in [5, 5.41) is 0. The third-order valence-corrected chi connectivity index (χ3v) is 3.25. The van der Waals surface area contributed by atoms with Crippen molar-refractivity contribution in [1.29, 1.82) is 0 Å². The first-order valence-corrected chi connectivity index (χ1v) is 7.03. The molecule has 4 nitrogen and oxygen atoms in total. The molecular formula is C16H22N4. The Kier molecular flexibility index (Phi) is 5.07. The second-order valence-electron chi connectivity index (χ2n) is 5.00. The molecule has 1 heterocycles. The Bertz CT molecular complexity index is 554. The van der Waals surface area contributed by atoms with Gasteiger partial charge in [-0.1, -0.05) is 37.6 Å². The Labute approximate surface area is 120 Å². The van der Waals surface area contributed by atoms with Gasteiger partial charge in [0, 0.05) is 31.9 Å². The summed E-state index contributed by atoms with van der Waals surface area (Å²) in [4.78, 5) is 10.8. The second kappa shape index (κ2) is 7.01. The number of hydrogen-bond acceptors (Lipinski definition) is 4. The van der Waals surface area contributed by atoms with Crippen LogP contribution in [0, 0.1) is 0 Å². The van der Waals surface area contributed by atoms with E-state index in [1.807, 2.05) is 19.2 Å². The van der Waals surface area contributed by atoms with Crippen molar-refractivity contribution in [3.63, 3.8) is 0 Å². The fourth-order valence-corrected chi connectivity index (χ4v) is 2.20. The van der Waals surface area contributed by atoms with Crippen LogP contribution in [0.2, 0.25) is 0 Å². The molecule has 2 N–H and O–H groups in total. The summed E-state index contributed by atoms with van der Waals surface area (Å²) >= 11 is 0. The normalized spacial score (nSPS) is 10.6. The van der Waals surface area contributed by atoms with E-state index in [1.54, 1.807) is 6.33 Å². The maximum absolute atomic E-state index is 5.68. The first kappa shape index (κ1) is 14.5. The molecule has 0 aliphatic carbocycles. The van der Waals surface area contributed by atoms with Crippen molar-refractivity contribution in [2.24, 2.45) is 5.73 Å². The molecule has 0 unspecified atom stereocenters. The molecular weight excluding hydrogens is 248 g/mol. The largest absolute Gasteiger partial charge is 0.355 e. The zero-order valence-corrected chi connectivity index (χ0v) is 12.2. The smallest absolute Gasteiger partial charge is 0.132 e. The zero-order valence-electron chi connectivity index (χ0n) is 12.2. The van der Waals surface area contributed by atoms with E-state index in [0.717, 1.165) is 36.5 Å². The minimum Gasteiger partial charge on any atom is -0.355 e. The number of aromatic nitrogens is 2. The molecule has 106 valence electrons. The molecule has 2 aromatic rings. The van der Waals surface area contributed by atoms with Gasteiger partial charge in [-0.25, -0.2) is 9.97 Å². The van der Waals surface area contributed by atoms with Crippen molar-refractivity contribution in [2.75, 3.05) is 11.9 Å². The van der Waals surface area contributed by atoms with Crippen molar-refractivity contribution in [3.8, 4) is 0 Å². The minimum absolute atomic E-state index is 0.575. The van der Waals surface area contributed by atoms with Gasteiger partial charge < -0.3 is 10.6 Å². The third-order valence-electron chi connectivity index (χ3n) is 3.25. The molecule has 0 fully saturated rings. The van der Waals surface area contributed by atoms with E-state index in [2.05, 4.69) is 40.0 Å². The first-order valence-electron chi connectivity index (χ1n) is 7.03. The molecule has 2 rings (SSSR count). The molecule has 1 aromatic carbocycles. The average molecular weight is 270 g/mol. The first-order chi connectivity index (χ1) is 9.72. The summed E-state index contributed by atoms with van der Waals surface area (Å²) in [5.74, 6) is 0.960. The van der Waals surface area contributed by atoms with Crippen LogP contribution in [-0.4, -0.2) is 17.0 Å². The fourth-order valence-electron chi connectivity index (χ4n) is 2.20. The lowest BCUT2D eigenvalue weighted by Gasteiger charge is -2.19. The highest BCUT2D eigenvalue weighted by atomic mass is 15.2. The molecule has 0 atom stereocenters. The van der Waals surface area contributed by atoms with Crippen molar-refractivity contribution in [3.05, 3.63) is 53.5 Å². The molecule has 0 bridgehead atoms. The SMILES string of the molecule is CCCc1cc(N(C)Cc2cccc(CN)c2)ncn1. The van der Waals surface area contributed by atoms with Crippen molar-refractivity contribution >= 4 is 5.82 Å². The van der Waals surface area contributed by atoms with Gasteiger partial charge in [-0.3, -0.25) is 0 Å². The fraction of sp³-hybridized carbons (Fsp3) is 0.375. The molecule has 0 saturated carbocycles. The summed E-state index contributed by atoms with van der Waals surface area (Å²) < 4.78 is 0. The summed E-state index contributed by atoms with van der Waals surface area (Å²) in [5.41, 5.74) is 9.18. The number of rotatable bonds is 6. The van der Waals surface area contributed by atoms with Crippen LogP contribution in [0.15, 0.2) is 36.7 Å². The maximum atomic E-state index is 5.68. The highest BCUT2D eigenvalue weighted by Gasteiger charge is 2.05. The molecule has 0 aliphatic rings. The molecule has 0 saturated heterocycles. The van der Waals surface area contributed by atoms with E-state index in [1.165, 1.54) is 5.56 Å². The van der Waals surface area contributed by atoms with Crippen LogP contribution in [0.5, 0.6) is 0 Å². The lowest BCUT2D eigenvalue weighted by atomic mass is 10.1. The molecule has 1 aromatic heterocycles. The summed E-state index contributed by atoms with van der Waals surface area (Å²) in [6, 6.07) is 10.4. The highest BCUT2D eigenvalue weighted by molar-refractivity contribution is 5.39. The predicted molar refractivity (Wildman–Crippen MR) is 82.5 cm³/mol. The Morgan fingerprint density at radius 3 is 2.70 bits per heavy atom. The van der Waals surface area contributed by atoms with E-state index < -0.39 is 0 Å². The van der Waals surface area contributed by atoms with E-state index in [-0.39, 0.29) is 0 Å². The molecule has 0 spiro atoms. The summed E-state index contributed by atoms with van der Waals surface area (Å²) in [6.45, 7) is 3.55. The van der Waals surface area contributed by atoms with E-state index in [4.69, 9.17) is 5.73 Å². The number of nitrogens with zero attached hydrogens (tertiary/aromatic N) is 3. The standard InChI is InChI=1S/C16H22N4/c1-3-5-15-9-16(19-12-18-15)20(2)11-14-7-4-6-13(8-14)10-17/h4,6-9,12H,3,5,10-11,17H2,1-2H3. The van der Waals surface area contributed by atoms with Gasteiger partial charge in [0.2, 0.25) is 0 Å². The number of benzene rings is 1. The van der Waals surface area contributed by atoms with E-state index >= 15 is 0 Å². The predicted octanol–water partition coefficient (Wildman–Crippen LogP) is 2.52. The Hall–Kier alpha value is -1.94. The van der Waals surface area contributed by atoms with Gasteiger partial charge in [-0.15, -0.1) is 0 Å². The molecule has 0 radical (unpaired) electrons. The van der Waals surface area contributed by atoms with E-state index in [9.17, 15) is 0 Å². The minimum atomic E-state index is 0.575.